The first kappa shape index (κ1) is 17.1. The first-order valence-corrected chi connectivity index (χ1v) is 9.90. The van der Waals surface area contributed by atoms with Crippen LogP contribution in [0.4, 0.5) is 0 Å². The van der Waals surface area contributed by atoms with E-state index in [1.165, 1.54) is 18.4 Å². The van der Waals surface area contributed by atoms with Gasteiger partial charge in [-0.2, -0.15) is 0 Å². The van der Waals surface area contributed by atoms with E-state index in [0.717, 1.165) is 41.3 Å². The molecule has 1 saturated carbocycles. The number of hydrogen-bond acceptors (Lipinski definition) is 4. The highest BCUT2D eigenvalue weighted by Crippen LogP contribution is 2.39. The first-order chi connectivity index (χ1) is 12.7. The minimum absolute atomic E-state index is 0.0780. The minimum atomic E-state index is -0.144. The number of fused-ring (bicyclic) bond motifs is 3. The van der Waals surface area contributed by atoms with E-state index < -0.39 is 0 Å². The number of nitrogens with one attached hydrogen (secondary N) is 1. The number of benzene rings is 1. The molecule has 0 unspecified atom stereocenters. The highest BCUT2D eigenvalue weighted by Gasteiger charge is 2.29. The summed E-state index contributed by atoms with van der Waals surface area (Å²) in [7, 11) is 1.53. The molecule has 2 heterocycles. The molecule has 1 amide bonds. The Morgan fingerprint density at radius 2 is 2.12 bits per heavy atom. The number of pyridine rings is 1. The van der Waals surface area contributed by atoms with Crippen molar-refractivity contribution in [3.05, 3.63) is 39.5 Å². The Labute approximate surface area is 155 Å². The molecule has 0 radical (unpaired) electrons. The van der Waals surface area contributed by atoms with Crippen LogP contribution in [0, 0.1) is 0 Å². The van der Waals surface area contributed by atoms with E-state index in [-0.39, 0.29) is 17.5 Å². The second-order valence-corrected chi connectivity index (χ2v) is 7.76. The molecule has 3 aromatic rings. The number of aryl methyl sites for hydroxylation is 1. The monoisotopic (exact) mass is 370 g/mol. The molecule has 0 atom stereocenters. The molecular formula is C20H22N2O3S. The number of rotatable bonds is 6. The molecule has 26 heavy (non-hydrogen) atoms. The predicted molar refractivity (Wildman–Crippen MR) is 106 cm³/mol. The average Bonchev–Trinajstić information content (AvgIpc) is 3.37. The Balaban J connectivity index is 2.00. The molecule has 1 N–H and O–H groups in total. The van der Waals surface area contributed by atoms with Gasteiger partial charge in [0.1, 0.15) is 10.3 Å². The quantitative estimate of drug-likeness (QED) is 0.715. The van der Waals surface area contributed by atoms with Crippen molar-refractivity contribution in [2.24, 2.45) is 0 Å². The largest absolute Gasteiger partial charge is 0.494 e. The van der Waals surface area contributed by atoms with Gasteiger partial charge in [-0.25, -0.2) is 0 Å². The van der Waals surface area contributed by atoms with Gasteiger partial charge in [0.25, 0.3) is 11.5 Å². The smallest absolute Gasteiger partial charge is 0.265 e. The molecule has 1 aromatic carbocycles. The van der Waals surface area contributed by atoms with Crippen LogP contribution in [-0.4, -0.2) is 23.6 Å². The number of aromatic nitrogens is 1. The Morgan fingerprint density at radius 1 is 1.35 bits per heavy atom. The number of para-hydroxylation sites is 1. The molecule has 4 rings (SSSR count). The van der Waals surface area contributed by atoms with E-state index in [4.69, 9.17) is 4.74 Å². The van der Waals surface area contributed by atoms with Crippen molar-refractivity contribution in [2.45, 2.75) is 45.2 Å². The van der Waals surface area contributed by atoms with E-state index in [9.17, 15) is 9.59 Å². The number of nitrogens with zero attached hydrogens (tertiary/aromatic N) is 1. The molecule has 0 bridgehead atoms. The number of carbonyl (C=O) groups excluding carboxylic acids is 1. The predicted octanol–water partition coefficient (Wildman–Crippen LogP) is 3.92. The number of amides is 1. The molecule has 6 heteroatoms. The van der Waals surface area contributed by atoms with E-state index >= 15 is 0 Å². The van der Waals surface area contributed by atoms with Crippen LogP contribution in [0.25, 0.3) is 21.0 Å². The lowest BCUT2D eigenvalue weighted by molar-refractivity contribution is 0.0952. The SMILES string of the molecule is CCCCn1c(=O)c2c(OC)c(C(=O)NC3CC3)sc2c2ccccc21. The molecule has 136 valence electrons. The molecule has 1 aliphatic carbocycles. The third kappa shape index (κ3) is 2.78. The Kier molecular flexibility index (Phi) is 4.44. The van der Waals surface area contributed by atoms with Crippen molar-refractivity contribution < 1.29 is 9.53 Å². The first-order valence-electron chi connectivity index (χ1n) is 9.08. The summed E-state index contributed by atoms with van der Waals surface area (Å²) in [4.78, 5) is 26.4. The average molecular weight is 370 g/mol. The summed E-state index contributed by atoms with van der Waals surface area (Å²) in [5, 5.41) is 4.52. The van der Waals surface area contributed by atoms with Gasteiger partial charge in [0.05, 0.1) is 17.3 Å². The summed E-state index contributed by atoms with van der Waals surface area (Å²) in [5.41, 5.74) is 0.835. The number of carbonyl (C=O) groups is 1. The highest BCUT2D eigenvalue weighted by atomic mass is 32.1. The standard InChI is InChI=1S/C20H22N2O3S/c1-3-4-11-22-14-8-6-5-7-13(14)17-15(20(22)24)16(25-2)18(26-17)19(23)21-12-9-10-12/h5-8,12H,3-4,9-11H2,1-2H3,(H,21,23). The van der Waals surface area contributed by atoms with Gasteiger partial charge < -0.3 is 14.6 Å². The van der Waals surface area contributed by atoms with Crippen LogP contribution in [0.2, 0.25) is 0 Å². The Bertz CT molecular complexity index is 1050. The number of ether oxygens (including phenoxy) is 1. The van der Waals surface area contributed by atoms with Gasteiger partial charge in [-0.3, -0.25) is 9.59 Å². The number of unbranched alkanes of at least 4 members (excludes halogenated alkanes) is 1. The molecule has 0 spiro atoms. The third-order valence-corrected chi connectivity index (χ3v) is 6.02. The zero-order valence-electron chi connectivity index (χ0n) is 15.0. The number of thiophene rings is 1. The van der Waals surface area contributed by atoms with Gasteiger partial charge in [0, 0.05) is 18.0 Å². The molecule has 5 nitrogen and oxygen atoms in total. The lowest BCUT2D eigenvalue weighted by Crippen LogP contribution is -2.25. The van der Waals surface area contributed by atoms with Gasteiger partial charge in [-0.15, -0.1) is 11.3 Å². The fourth-order valence-corrected chi connectivity index (χ4v) is 4.50. The lowest BCUT2D eigenvalue weighted by atomic mass is 10.1. The zero-order valence-corrected chi connectivity index (χ0v) is 15.8. The van der Waals surface area contributed by atoms with Crippen LogP contribution >= 0.6 is 11.3 Å². The zero-order chi connectivity index (χ0) is 18.3. The fraction of sp³-hybridized carbons (Fsp3) is 0.400. The summed E-state index contributed by atoms with van der Waals surface area (Å²) < 4.78 is 8.20. The highest BCUT2D eigenvalue weighted by molar-refractivity contribution is 7.22. The fourth-order valence-electron chi connectivity index (χ4n) is 3.31. The second kappa shape index (κ2) is 6.76. The van der Waals surface area contributed by atoms with Gasteiger partial charge in [0.2, 0.25) is 0 Å². The second-order valence-electron chi connectivity index (χ2n) is 6.74. The maximum Gasteiger partial charge on any atom is 0.265 e. The van der Waals surface area contributed by atoms with Crippen molar-refractivity contribution in [1.82, 2.24) is 9.88 Å². The van der Waals surface area contributed by atoms with E-state index in [2.05, 4.69) is 12.2 Å². The van der Waals surface area contributed by atoms with Gasteiger partial charge in [-0.1, -0.05) is 31.5 Å². The van der Waals surface area contributed by atoms with E-state index in [0.29, 0.717) is 22.6 Å². The van der Waals surface area contributed by atoms with Crippen LogP contribution < -0.4 is 15.6 Å². The molecular weight excluding hydrogens is 348 g/mol. The van der Waals surface area contributed by atoms with Crippen molar-refractivity contribution in [2.75, 3.05) is 7.11 Å². The molecule has 0 saturated heterocycles. The molecule has 1 fully saturated rings. The summed E-state index contributed by atoms with van der Waals surface area (Å²) in [5.74, 6) is 0.262. The Hall–Kier alpha value is -2.34. The van der Waals surface area contributed by atoms with Gasteiger partial charge in [-0.05, 0) is 25.3 Å². The molecule has 1 aliphatic rings. The van der Waals surface area contributed by atoms with Crippen molar-refractivity contribution in [3.63, 3.8) is 0 Å². The van der Waals surface area contributed by atoms with Crippen LogP contribution in [0.15, 0.2) is 29.1 Å². The number of hydrogen-bond donors (Lipinski definition) is 1. The molecule has 0 aliphatic heterocycles. The summed E-state index contributed by atoms with van der Waals surface area (Å²) in [6, 6.07) is 8.16. The van der Waals surface area contributed by atoms with Crippen LogP contribution in [-0.2, 0) is 6.54 Å². The number of methoxy groups -OCH3 is 1. The van der Waals surface area contributed by atoms with Gasteiger partial charge >= 0.3 is 0 Å². The van der Waals surface area contributed by atoms with E-state index in [1.807, 2.05) is 28.8 Å². The minimum Gasteiger partial charge on any atom is -0.494 e. The molecule has 2 aromatic heterocycles. The van der Waals surface area contributed by atoms with Gasteiger partial charge in [0.15, 0.2) is 5.75 Å². The summed E-state index contributed by atoms with van der Waals surface area (Å²) in [6.45, 7) is 2.77. The van der Waals surface area contributed by atoms with Crippen molar-refractivity contribution >= 4 is 38.2 Å². The maximum atomic E-state index is 13.3. The summed E-state index contributed by atoms with van der Waals surface area (Å²) >= 11 is 1.35. The lowest BCUT2D eigenvalue weighted by Gasteiger charge is -2.11. The topological polar surface area (TPSA) is 60.3 Å². The Morgan fingerprint density at radius 3 is 2.81 bits per heavy atom. The summed E-state index contributed by atoms with van der Waals surface area (Å²) in [6.07, 6.45) is 3.98. The van der Waals surface area contributed by atoms with Crippen molar-refractivity contribution in [1.29, 1.82) is 0 Å². The van der Waals surface area contributed by atoms with Crippen LogP contribution in [0.5, 0.6) is 5.75 Å². The van der Waals surface area contributed by atoms with Crippen molar-refractivity contribution in [3.8, 4) is 5.75 Å². The third-order valence-electron chi connectivity index (χ3n) is 4.82. The maximum absolute atomic E-state index is 13.3. The van der Waals surface area contributed by atoms with Crippen LogP contribution in [0.3, 0.4) is 0 Å². The normalized spacial score (nSPS) is 14.1. The van der Waals surface area contributed by atoms with E-state index in [1.54, 1.807) is 0 Å². The van der Waals surface area contributed by atoms with Crippen LogP contribution in [0.1, 0.15) is 42.3 Å².